The molecule has 1 aromatic rings. The van der Waals surface area contributed by atoms with Crippen LogP contribution in [0.5, 0.6) is 0 Å². The van der Waals surface area contributed by atoms with E-state index in [1.807, 2.05) is 0 Å². The molecule has 96 valence electrons. The molecule has 1 aliphatic carbocycles. The summed E-state index contributed by atoms with van der Waals surface area (Å²) < 4.78 is 38.5. The summed E-state index contributed by atoms with van der Waals surface area (Å²) in [6, 6.07) is 2.51. The van der Waals surface area contributed by atoms with Crippen molar-refractivity contribution < 1.29 is 22.9 Å². The number of alkyl halides is 3. The van der Waals surface area contributed by atoms with Gasteiger partial charge in [0.25, 0.3) is 5.69 Å². The third kappa shape index (κ3) is 1.96. The van der Waals surface area contributed by atoms with E-state index in [9.17, 15) is 28.1 Å². The number of benzene rings is 1. The van der Waals surface area contributed by atoms with Gasteiger partial charge in [-0.3, -0.25) is 10.1 Å². The van der Waals surface area contributed by atoms with Crippen molar-refractivity contribution in [2.75, 3.05) is 0 Å². The molecule has 0 spiro atoms. The number of nitro benzene ring substituents is 1. The smallest absolute Gasteiger partial charge is 0.302 e. The first-order chi connectivity index (χ1) is 8.30. The standard InChI is InChI=1S/C11H8F3NO3/c12-11(13,14)9-5-7(15(17)18)1-2-8(9)10(6-16)3-4-10/h1-2,5-6H,3-4H2. The van der Waals surface area contributed by atoms with Crippen molar-refractivity contribution in [3.05, 3.63) is 39.4 Å². The van der Waals surface area contributed by atoms with E-state index in [1.54, 1.807) is 0 Å². The first-order valence-corrected chi connectivity index (χ1v) is 5.13. The average molecular weight is 259 g/mol. The van der Waals surface area contributed by atoms with Crippen molar-refractivity contribution in [1.82, 2.24) is 0 Å². The van der Waals surface area contributed by atoms with Crippen LogP contribution in [0.1, 0.15) is 24.0 Å². The summed E-state index contributed by atoms with van der Waals surface area (Å²) in [4.78, 5) is 20.5. The van der Waals surface area contributed by atoms with E-state index in [1.165, 1.54) is 0 Å². The number of nitro groups is 1. The monoisotopic (exact) mass is 259 g/mol. The summed E-state index contributed by atoms with van der Waals surface area (Å²) in [6.07, 6.45) is -3.53. The van der Waals surface area contributed by atoms with Crippen LogP contribution in [0.3, 0.4) is 0 Å². The van der Waals surface area contributed by atoms with Crippen LogP contribution in [0.2, 0.25) is 0 Å². The zero-order valence-corrected chi connectivity index (χ0v) is 9.03. The summed E-state index contributed by atoms with van der Waals surface area (Å²) >= 11 is 0. The lowest BCUT2D eigenvalue weighted by molar-refractivity contribution is -0.385. The Labute approximate surface area is 99.6 Å². The second-order valence-electron chi connectivity index (χ2n) is 4.26. The van der Waals surface area contributed by atoms with Crippen LogP contribution in [-0.4, -0.2) is 11.2 Å². The molecule has 18 heavy (non-hydrogen) atoms. The SMILES string of the molecule is O=CC1(c2ccc([N+](=O)[O-])cc2C(F)(F)F)CC1. The Balaban J connectivity index is 2.60. The van der Waals surface area contributed by atoms with E-state index in [4.69, 9.17) is 0 Å². The van der Waals surface area contributed by atoms with Gasteiger partial charge in [-0.25, -0.2) is 0 Å². The molecular formula is C11H8F3NO3. The summed E-state index contributed by atoms with van der Waals surface area (Å²) in [7, 11) is 0. The summed E-state index contributed by atoms with van der Waals surface area (Å²) in [5.41, 5.74) is -3.01. The average Bonchev–Trinajstić information content (AvgIpc) is 3.08. The summed E-state index contributed by atoms with van der Waals surface area (Å²) in [6.45, 7) is 0. The molecule has 0 heterocycles. The summed E-state index contributed by atoms with van der Waals surface area (Å²) in [5.74, 6) is 0. The number of carbonyl (C=O) groups is 1. The molecule has 7 heteroatoms. The molecule has 0 aliphatic heterocycles. The predicted molar refractivity (Wildman–Crippen MR) is 55.1 cm³/mol. The normalized spacial score (nSPS) is 17.3. The molecule has 0 saturated heterocycles. The highest BCUT2D eigenvalue weighted by Crippen LogP contribution is 2.50. The molecule has 0 unspecified atom stereocenters. The third-order valence-corrected chi connectivity index (χ3v) is 3.07. The first-order valence-electron chi connectivity index (χ1n) is 5.13. The van der Waals surface area contributed by atoms with Gasteiger partial charge in [-0.05, 0) is 18.4 Å². The maximum atomic E-state index is 12.8. The molecular weight excluding hydrogens is 251 g/mol. The zero-order valence-electron chi connectivity index (χ0n) is 9.03. The molecule has 1 aliphatic rings. The minimum Gasteiger partial charge on any atom is -0.302 e. The quantitative estimate of drug-likeness (QED) is 0.476. The van der Waals surface area contributed by atoms with Gasteiger partial charge in [0, 0.05) is 12.1 Å². The number of aldehydes is 1. The van der Waals surface area contributed by atoms with Crippen molar-refractivity contribution in [2.24, 2.45) is 0 Å². The fourth-order valence-electron chi connectivity index (χ4n) is 1.90. The Bertz CT molecular complexity index is 521. The Kier molecular flexibility index (Phi) is 2.64. The van der Waals surface area contributed by atoms with E-state index in [0.717, 1.165) is 12.1 Å². The van der Waals surface area contributed by atoms with Crippen LogP contribution in [0.25, 0.3) is 0 Å². The van der Waals surface area contributed by atoms with Crippen LogP contribution in [0.15, 0.2) is 18.2 Å². The van der Waals surface area contributed by atoms with Gasteiger partial charge in [-0.1, -0.05) is 6.07 Å². The van der Waals surface area contributed by atoms with E-state index in [2.05, 4.69) is 0 Å². The number of halogens is 3. The largest absolute Gasteiger partial charge is 0.416 e. The lowest BCUT2D eigenvalue weighted by Gasteiger charge is -2.16. The molecule has 2 rings (SSSR count). The molecule has 1 aromatic carbocycles. The molecule has 0 N–H and O–H groups in total. The molecule has 0 bridgehead atoms. The van der Waals surface area contributed by atoms with Gasteiger partial charge in [-0.2, -0.15) is 13.2 Å². The fourth-order valence-corrected chi connectivity index (χ4v) is 1.90. The molecule has 0 aromatic heterocycles. The molecule has 0 atom stereocenters. The maximum absolute atomic E-state index is 12.8. The number of hydrogen-bond acceptors (Lipinski definition) is 3. The number of rotatable bonds is 3. The fraction of sp³-hybridized carbons (Fsp3) is 0.364. The Morgan fingerprint density at radius 3 is 2.33 bits per heavy atom. The van der Waals surface area contributed by atoms with Gasteiger partial charge in [0.1, 0.15) is 6.29 Å². The molecule has 1 fully saturated rings. The summed E-state index contributed by atoms with van der Waals surface area (Å²) in [5, 5.41) is 10.5. The Morgan fingerprint density at radius 1 is 1.33 bits per heavy atom. The molecule has 1 saturated carbocycles. The van der Waals surface area contributed by atoms with Gasteiger partial charge in [0.15, 0.2) is 0 Å². The van der Waals surface area contributed by atoms with Gasteiger partial charge >= 0.3 is 6.18 Å². The van der Waals surface area contributed by atoms with E-state index in [-0.39, 0.29) is 5.56 Å². The van der Waals surface area contributed by atoms with Crippen LogP contribution >= 0.6 is 0 Å². The van der Waals surface area contributed by atoms with E-state index >= 15 is 0 Å². The second kappa shape index (κ2) is 3.79. The number of nitrogens with zero attached hydrogens (tertiary/aromatic N) is 1. The topological polar surface area (TPSA) is 60.2 Å². The van der Waals surface area contributed by atoms with Gasteiger partial charge in [0.2, 0.25) is 0 Å². The van der Waals surface area contributed by atoms with Gasteiger partial charge < -0.3 is 4.79 Å². The number of non-ortho nitro benzene ring substituents is 1. The van der Waals surface area contributed by atoms with Crippen molar-refractivity contribution in [3.8, 4) is 0 Å². The van der Waals surface area contributed by atoms with Crippen LogP contribution < -0.4 is 0 Å². The van der Waals surface area contributed by atoms with Gasteiger partial charge in [-0.15, -0.1) is 0 Å². The third-order valence-electron chi connectivity index (χ3n) is 3.07. The molecule has 0 radical (unpaired) electrons. The maximum Gasteiger partial charge on any atom is 0.416 e. The zero-order chi connectivity index (χ0) is 13.6. The van der Waals surface area contributed by atoms with Crippen molar-refractivity contribution in [1.29, 1.82) is 0 Å². The highest BCUT2D eigenvalue weighted by atomic mass is 19.4. The Morgan fingerprint density at radius 2 is 1.94 bits per heavy atom. The molecule has 0 amide bonds. The highest BCUT2D eigenvalue weighted by molar-refractivity contribution is 5.74. The lowest BCUT2D eigenvalue weighted by Crippen LogP contribution is -2.17. The predicted octanol–water partition coefficient (Wildman–Crippen LogP) is 2.84. The number of carbonyl (C=O) groups excluding carboxylic acids is 1. The molecule has 4 nitrogen and oxygen atoms in total. The first kappa shape index (κ1) is 12.5. The van der Waals surface area contributed by atoms with Crippen molar-refractivity contribution >= 4 is 12.0 Å². The minimum atomic E-state index is -4.71. The second-order valence-corrected chi connectivity index (χ2v) is 4.26. The van der Waals surface area contributed by atoms with Crippen molar-refractivity contribution in [2.45, 2.75) is 24.4 Å². The van der Waals surface area contributed by atoms with Crippen molar-refractivity contribution in [3.63, 3.8) is 0 Å². The van der Waals surface area contributed by atoms with Crippen LogP contribution in [-0.2, 0) is 16.4 Å². The lowest BCUT2D eigenvalue weighted by atomic mass is 9.92. The minimum absolute atomic E-state index is 0.171. The van der Waals surface area contributed by atoms with E-state index < -0.39 is 27.8 Å². The van der Waals surface area contributed by atoms with Gasteiger partial charge in [0.05, 0.1) is 15.9 Å². The Hall–Kier alpha value is -1.92. The number of hydrogen-bond donors (Lipinski definition) is 0. The van der Waals surface area contributed by atoms with E-state index in [0.29, 0.717) is 25.2 Å². The highest BCUT2D eigenvalue weighted by Gasteiger charge is 2.49. The van der Waals surface area contributed by atoms with Crippen LogP contribution in [0, 0.1) is 10.1 Å². The van der Waals surface area contributed by atoms with Crippen LogP contribution in [0.4, 0.5) is 18.9 Å².